The van der Waals surface area contributed by atoms with Gasteiger partial charge in [0.1, 0.15) is 14.8 Å². The van der Waals surface area contributed by atoms with Crippen LogP contribution in [-0.4, -0.2) is 15.0 Å². The largest absolute Gasteiger partial charge is 0.245 e. The molecule has 0 bridgehead atoms. The van der Waals surface area contributed by atoms with Crippen molar-refractivity contribution in [2.45, 2.75) is 9.92 Å². The second kappa shape index (κ2) is 5.31. The molecule has 2 rings (SSSR count). The molecule has 0 saturated heterocycles. The Bertz CT molecular complexity index is 507. The van der Waals surface area contributed by atoms with Gasteiger partial charge in [-0.25, -0.2) is 15.0 Å². The van der Waals surface area contributed by atoms with E-state index < -0.39 is 0 Å². The van der Waals surface area contributed by atoms with Gasteiger partial charge < -0.3 is 0 Å². The van der Waals surface area contributed by atoms with Gasteiger partial charge in [0, 0.05) is 11.1 Å². The first-order valence-electron chi connectivity index (χ1n) is 4.12. The van der Waals surface area contributed by atoms with Crippen molar-refractivity contribution in [1.82, 2.24) is 15.0 Å². The van der Waals surface area contributed by atoms with Crippen LogP contribution in [0.25, 0.3) is 0 Å². The number of pyridine rings is 1. The molecule has 0 amide bonds. The van der Waals surface area contributed by atoms with Gasteiger partial charge in [0.2, 0.25) is 0 Å². The summed E-state index contributed by atoms with van der Waals surface area (Å²) in [5, 5.41) is 1.46. The zero-order valence-corrected chi connectivity index (χ0v) is 11.6. The van der Waals surface area contributed by atoms with Crippen molar-refractivity contribution in [1.29, 1.82) is 0 Å². The van der Waals surface area contributed by atoms with Crippen molar-refractivity contribution >= 4 is 50.9 Å². The molecule has 3 nitrogen and oxygen atoms in total. The number of rotatable bonds is 2. The van der Waals surface area contributed by atoms with Crippen LogP contribution in [0.5, 0.6) is 0 Å². The molecule has 0 aliphatic carbocycles. The number of aromatic nitrogens is 3. The lowest BCUT2D eigenvalue weighted by Crippen LogP contribution is -1.85. The van der Waals surface area contributed by atoms with Crippen LogP contribution in [0.2, 0.25) is 10.2 Å². The lowest BCUT2D eigenvalue weighted by molar-refractivity contribution is 1.03. The number of nitrogens with zero attached hydrogens (tertiary/aromatic N) is 3. The first-order valence-corrected chi connectivity index (χ1v) is 6.49. The SMILES string of the molecule is Clc1nccc(Sc2cnc(Br)cn2)c1Cl. The van der Waals surface area contributed by atoms with E-state index in [2.05, 4.69) is 30.9 Å². The molecule has 2 aromatic rings. The second-order valence-corrected chi connectivity index (χ2v) is 5.30. The fourth-order valence-corrected chi connectivity index (χ4v) is 2.34. The summed E-state index contributed by atoms with van der Waals surface area (Å²) in [5.74, 6) is 0. The fourth-order valence-electron chi connectivity index (χ4n) is 0.947. The molecule has 0 aliphatic heterocycles. The number of hydrogen-bond acceptors (Lipinski definition) is 4. The van der Waals surface area contributed by atoms with Crippen molar-refractivity contribution in [2.75, 3.05) is 0 Å². The summed E-state index contributed by atoms with van der Waals surface area (Å²) in [7, 11) is 0. The van der Waals surface area contributed by atoms with Crippen molar-refractivity contribution in [3.63, 3.8) is 0 Å². The van der Waals surface area contributed by atoms with Crippen LogP contribution in [-0.2, 0) is 0 Å². The molecule has 0 atom stereocenters. The minimum atomic E-state index is 0.289. The summed E-state index contributed by atoms with van der Waals surface area (Å²) in [6.45, 7) is 0. The van der Waals surface area contributed by atoms with E-state index in [0.29, 0.717) is 9.63 Å². The van der Waals surface area contributed by atoms with E-state index in [0.717, 1.165) is 9.92 Å². The summed E-state index contributed by atoms with van der Waals surface area (Å²) in [5.41, 5.74) is 0. The Morgan fingerprint density at radius 1 is 1.12 bits per heavy atom. The molecule has 0 radical (unpaired) electrons. The molecule has 0 fully saturated rings. The van der Waals surface area contributed by atoms with Gasteiger partial charge in [-0.3, -0.25) is 0 Å². The number of halogens is 3. The zero-order valence-electron chi connectivity index (χ0n) is 7.69. The summed E-state index contributed by atoms with van der Waals surface area (Å²) in [6.07, 6.45) is 4.88. The summed E-state index contributed by atoms with van der Waals surface area (Å²) >= 11 is 16.4. The van der Waals surface area contributed by atoms with Gasteiger partial charge in [0.15, 0.2) is 0 Å². The van der Waals surface area contributed by atoms with Gasteiger partial charge in [0.25, 0.3) is 0 Å². The first-order chi connectivity index (χ1) is 7.66. The van der Waals surface area contributed by atoms with Crippen LogP contribution >= 0.6 is 50.9 Å². The van der Waals surface area contributed by atoms with E-state index >= 15 is 0 Å². The predicted octanol–water partition coefficient (Wildman–Crippen LogP) is 4.09. The van der Waals surface area contributed by atoms with Crippen molar-refractivity contribution in [3.8, 4) is 0 Å². The van der Waals surface area contributed by atoms with Gasteiger partial charge in [-0.2, -0.15) is 0 Å². The van der Waals surface area contributed by atoms with E-state index in [9.17, 15) is 0 Å². The second-order valence-electron chi connectivity index (χ2n) is 2.69. The maximum atomic E-state index is 6.00. The Morgan fingerprint density at radius 3 is 2.62 bits per heavy atom. The molecule has 0 spiro atoms. The van der Waals surface area contributed by atoms with Gasteiger partial charge >= 0.3 is 0 Å². The lowest BCUT2D eigenvalue weighted by Gasteiger charge is -2.03. The highest BCUT2D eigenvalue weighted by atomic mass is 79.9. The summed E-state index contributed by atoms with van der Waals surface area (Å²) in [4.78, 5) is 12.9. The minimum absolute atomic E-state index is 0.289. The zero-order chi connectivity index (χ0) is 11.5. The Kier molecular flexibility index (Phi) is 4.02. The molecule has 0 aliphatic rings. The van der Waals surface area contributed by atoms with Gasteiger partial charge in [-0.1, -0.05) is 35.0 Å². The summed E-state index contributed by atoms with van der Waals surface area (Å²) in [6, 6.07) is 1.78. The van der Waals surface area contributed by atoms with Crippen LogP contribution in [0.1, 0.15) is 0 Å². The van der Waals surface area contributed by atoms with Crippen LogP contribution in [0.4, 0.5) is 0 Å². The van der Waals surface area contributed by atoms with Crippen LogP contribution in [0.15, 0.2) is 39.2 Å². The van der Waals surface area contributed by atoms with Gasteiger partial charge in [0.05, 0.1) is 17.4 Å². The van der Waals surface area contributed by atoms with Crippen LogP contribution in [0, 0.1) is 0 Å². The molecule has 7 heteroatoms. The molecule has 0 N–H and O–H groups in total. The van der Waals surface area contributed by atoms with E-state index in [4.69, 9.17) is 23.2 Å². The van der Waals surface area contributed by atoms with Crippen LogP contribution in [0.3, 0.4) is 0 Å². The lowest BCUT2D eigenvalue weighted by atomic mass is 10.5. The van der Waals surface area contributed by atoms with Crippen molar-refractivity contribution in [2.24, 2.45) is 0 Å². The smallest absolute Gasteiger partial charge is 0.148 e. The highest BCUT2D eigenvalue weighted by Gasteiger charge is 2.08. The molecule has 82 valence electrons. The minimum Gasteiger partial charge on any atom is -0.245 e. The standard InChI is InChI=1S/C9H4BrCl2N3S/c10-6-3-15-7(4-14-6)16-5-1-2-13-9(12)8(5)11/h1-4H. The maximum Gasteiger partial charge on any atom is 0.148 e. The molecule has 2 heterocycles. The number of hydrogen-bond donors (Lipinski definition) is 0. The predicted molar refractivity (Wildman–Crippen MR) is 68.1 cm³/mol. The highest BCUT2D eigenvalue weighted by molar-refractivity contribution is 9.10. The van der Waals surface area contributed by atoms with E-state index in [-0.39, 0.29) is 5.15 Å². The first kappa shape index (κ1) is 12.1. The van der Waals surface area contributed by atoms with E-state index in [1.807, 2.05) is 0 Å². The monoisotopic (exact) mass is 335 g/mol. The van der Waals surface area contributed by atoms with Gasteiger partial charge in [-0.15, -0.1) is 0 Å². The molecular weight excluding hydrogens is 333 g/mol. The molecular formula is C9H4BrCl2N3S. The summed E-state index contributed by atoms with van der Waals surface area (Å²) < 4.78 is 0.690. The Morgan fingerprint density at radius 2 is 1.94 bits per heavy atom. The normalized spacial score (nSPS) is 10.4. The molecule has 16 heavy (non-hydrogen) atoms. The molecule has 0 saturated carbocycles. The third-order valence-corrected chi connectivity index (χ3v) is 3.89. The van der Waals surface area contributed by atoms with E-state index in [1.165, 1.54) is 11.8 Å². The maximum absolute atomic E-state index is 6.00. The Hall–Kier alpha value is -0.360. The van der Waals surface area contributed by atoms with E-state index in [1.54, 1.807) is 24.7 Å². The quantitative estimate of drug-likeness (QED) is 0.774. The molecule has 0 aromatic carbocycles. The third-order valence-electron chi connectivity index (χ3n) is 1.62. The van der Waals surface area contributed by atoms with Gasteiger partial charge in [-0.05, 0) is 22.0 Å². The van der Waals surface area contributed by atoms with Crippen molar-refractivity contribution in [3.05, 3.63) is 39.4 Å². The fraction of sp³-hybridized carbons (Fsp3) is 0. The Balaban J connectivity index is 2.27. The van der Waals surface area contributed by atoms with Crippen LogP contribution < -0.4 is 0 Å². The highest BCUT2D eigenvalue weighted by Crippen LogP contribution is 2.34. The third kappa shape index (κ3) is 2.85. The van der Waals surface area contributed by atoms with Crippen molar-refractivity contribution < 1.29 is 0 Å². The Labute approximate surface area is 115 Å². The molecule has 2 aromatic heterocycles. The molecule has 0 unspecified atom stereocenters. The average Bonchev–Trinajstić information content (AvgIpc) is 2.28. The topological polar surface area (TPSA) is 38.7 Å². The average molecular weight is 337 g/mol.